The molecule has 6 atom stereocenters. The first kappa shape index (κ1) is 95.1. The van der Waals surface area contributed by atoms with Crippen LogP contribution in [0.1, 0.15) is 396 Å². The van der Waals surface area contributed by atoms with Gasteiger partial charge in [-0.3, -0.25) is 37.3 Å². The molecule has 19 heteroatoms. The summed E-state index contributed by atoms with van der Waals surface area (Å²) in [5.74, 6) is 0.975. The number of aliphatic hydroxyl groups excluding tert-OH is 1. The number of phosphoric acid groups is 2. The third-order valence-electron chi connectivity index (χ3n) is 18.4. The Morgan fingerprint density at radius 1 is 0.289 bits per heavy atom. The van der Waals surface area contributed by atoms with Crippen molar-refractivity contribution in [1.82, 2.24) is 0 Å². The second-order valence-electron chi connectivity index (χ2n) is 29.8. The molecule has 0 aromatic heterocycles. The summed E-state index contributed by atoms with van der Waals surface area (Å²) in [6.45, 7) is 14.2. The largest absolute Gasteiger partial charge is 0.472 e. The Morgan fingerprint density at radius 3 is 0.732 bits per heavy atom. The summed E-state index contributed by atoms with van der Waals surface area (Å²) in [6, 6.07) is 0. The van der Waals surface area contributed by atoms with Crippen LogP contribution in [0.25, 0.3) is 0 Å². The highest BCUT2D eigenvalue weighted by Crippen LogP contribution is 2.45. The van der Waals surface area contributed by atoms with Gasteiger partial charge >= 0.3 is 39.5 Å². The number of carbonyl (C=O) groups excluding carboxylic acids is 4. The van der Waals surface area contributed by atoms with Gasteiger partial charge in [-0.15, -0.1) is 0 Å². The maximum atomic E-state index is 13.1. The highest BCUT2D eigenvalue weighted by Gasteiger charge is 2.30. The van der Waals surface area contributed by atoms with Gasteiger partial charge in [-0.05, 0) is 49.4 Å². The van der Waals surface area contributed by atoms with Gasteiger partial charge in [-0.25, -0.2) is 9.13 Å². The van der Waals surface area contributed by atoms with Crippen LogP contribution in [0.3, 0.4) is 0 Å². The molecule has 0 heterocycles. The van der Waals surface area contributed by atoms with Crippen LogP contribution in [0.2, 0.25) is 0 Å². The van der Waals surface area contributed by atoms with Gasteiger partial charge in [0.25, 0.3) is 0 Å². The van der Waals surface area contributed by atoms with Crippen molar-refractivity contribution in [3.05, 3.63) is 0 Å². The van der Waals surface area contributed by atoms with Crippen molar-refractivity contribution >= 4 is 39.5 Å². The summed E-state index contributed by atoms with van der Waals surface area (Å²) in [5, 5.41) is 10.6. The second kappa shape index (κ2) is 67.2. The van der Waals surface area contributed by atoms with Gasteiger partial charge in [0, 0.05) is 25.7 Å². The van der Waals surface area contributed by atoms with Crippen molar-refractivity contribution in [3.8, 4) is 0 Å². The molecule has 0 amide bonds. The summed E-state index contributed by atoms with van der Waals surface area (Å²) in [4.78, 5) is 72.9. The molecule has 0 fully saturated rings. The maximum Gasteiger partial charge on any atom is 0.472 e. The number of hydrogen-bond acceptors (Lipinski definition) is 15. The summed E-state index contributed by atoms with van der Waals surface area (Å²) < 4.78 is 68.6. The van der Waals surface area contributed by atoms with Crippen LogP contribution in [0.5, 0.6) is 0 Å². The standard InChI is InChI=1S/C78H152O17P2/c1-9-71(8)57-49-41-33-25-18-14-10-11-15-20-27-35-44-52-60-77(82)94-73(64-88-75(80)58-50-42-34-26-19-16-12-13-17-23-30-38-46-54-68(2)3)66-92-96(84,85)90-62-72(79)63-91-97(86,87)93-67-74(65-89-76(81)59-51-43-37-29-32-40-48-56-70(6)7)95-78(83)61-53-45-36-28-22-21-24-31-39-47-55-69(4)5/h68-74,79H,9-67H2,1-8H3,(H,84,85)(H,86,87)/t71?,72?,73-,74-/m1/s1. The number of carbonyl (C=O) groups is 4. The molecular weight excluding hydrogens is 1270 g/mol. The van der Waals surface area contributed by atoms with E-state index in [0.29, 0.717) is 31.6 Å². The van der Waals surface area contributed by atoms with E-state index in [2.05, 4.69) is 55.4 Å². The Balaban J connectivity index is 5.25. The first-order valence-electron chi connectivity index (χ1n) is 40.2. The zero-order valence-corrected chi connectivity index (χ0v) is 65.5. The molecule has 0 rings (SSSR count). The van der Waals surface area contributed by atoms with Crippen molar-refractivity contribution in [1.29, 1.82) is 0 Å². The Morgan fingerprint density at radius 2 is 0.495 bits per heavy atom. The van der Waals surface area contributed by atoms with Crippen molar-refractivity contribution in [2.45, 2.75) is 414 Å². The first-order chi connectivity index (χ1) is 46.6. The van der Waals surface area contributed by atoms with E-state index in [-0.39, 0.29) is 25.7 Å². The third-order valence-corrected chi connectivity index (χ3v) is 20.3. The minimum atomic E-state index is -4.96. The van der Waals surface area contributed by atoms with Crippen molar-refractivity contribution < 1.29 is 80.2 Å². The van der Waals surface area contributed by atoms with Crippen LogP contribution >= 0.6 is 15.6 Å². The Bertz CT molecular complexity index is 1900. The summed E-state index contributed by atoms with van der Waals surface area (Å²) in [6.07, 6.45) is 52.7. The average Bonchev–Trinajstić information content (AvgIpc) is 2.20. The van der Waals surface area contributed by atoms with Crippen molar-refractivity contribution in [2.75, 3.05) is 39.6 Å². The Kier molecular flexibility index (Phi) is 65.9. The lowest BCUT2D eigenvalue weighted by Gasteiger charge is -2.21. The quantitative estimate of drug-likeness (QED) is 0.0222. The molecular formula is C78H152O17P2. The van der Waals surface area contributed by atoms with Crippen molar-refractivity contribution in [2.24, 2.45) is 23.7 Å². The predicted molar refractivity (Wildman–Crippen MR) is 395 cm³/mol. The lowest BCUT2D eigenvalue weighted by Crippen LogP contribution is -2.30. The zero-order valence-electron chi connectivity index (χ0n) is 63.7. The van der Waals surface area contributed by atoms with E-state index < -0.39 is 97.5 Å². The smallest absolute Gasteiger partial charge is 0.462 e. The monoisotopic (exact) mass is 1420 g/mol. The Hall–Kier alpha value is -1.94. The van der Waals surface area contributed by atoms with Crippen LogP contribution in [0.4, 0.5) is 0 Å². The zero-order chi connectivity index (χ0) is 71.7. The minimum absolute atomic E-state index is 0.105. The highest BCUT2D eigenvalue weighted by atomic mass is 31.2. The molecule has 17 nitrogen and oxygen atoms in total. The van der Waals surface area contributed by atoms with Crippen LogP contribution in [-0.4, -0.2) is 96.7 Å². The van der Waals surface area contributed by atoms with E-state index in [0.717, 1.165) is 114 Å². The normalized spacial score (nSPS) is 14.4. The summed E-state index contributed by atoms with van der Waals surface area (Å²) in [7, 11) is -9.92. The number of unbranched alkanes of at least 4 members (excludes halogenated alkanes) is 40. The minimum Gasteiger partial charge on any atom is -0.462 e. The third kappa shape index (κ3) is 70.9. The summed E-state index contributed by atoms with van der Waals surface area (Å²) >= 11 is 0. The van der Waals surface area contributed by atoms with Gasteiger partial charge in [-0.1, -0.05) is 344 Å². The van der Waals surface area contributed by atoms with E-state index in [9.17, 15) is 43.2 Å². The fraction of sp³-hybridized carbons (Fsp3) is 0.949. The van der Waals surface area contributed by atoms with Gasteiger partial charge in [0.05, 0.1) is 26.4 Å². The summed E-state index contributed by atoms with van der Waals surface area (Å²) in [5.41, 5.74) is 0. The Labute approximate surface area is 594 Å². The van der Waals surface area contributed by atoms with Crippen LogP contribution < -0.4 is 0 Å². The number of ether oxygens (including phenoxy) is 4. The number of hydrogen-bond donors (Lipinski definition) is 3. The molecule has 3 N–H and O–H groups in total. The van der Waals surface area contributed by atoms with Crippen LogP contribution in [0.15, 0.2) is 0 Å². The second-order valence-corrected chi connectivity index (χ2v) is 32.7. The molecule has 0 spiro atoms. The number of rotatable bonds is 75. The molecule has 0 saturated heterocycles. The topological polar surface area (TPSA) is 237 Å². The molecule has 576 valence electrons. The fourth-order valence-corrected chi connectivity index (χ4v) is 13.5. The molecule has 0 radical (unpaired) electrons. The molecule has 0 aliphatic carbocycles. The van der Waals surface area contributed by atoms with E-state index in [1.165, 1.54) is 193 Å². The van der Waals surface area contributed by atoms with Crippen LogP contribution in [0, 0.1) is 23.7 Å². The maximum absolute atomic E-state index is 13.1. The highest BCUT2D eigenvalue weighted by molar-refractivity contribution is 7.47. The van der Waals surface area contributed by atoms with Gasteiger partial charge in [0.2, 0.25) is 0 Å². The van der Waals surface area contributed by atoms with E-state index in [1.54, 1.807) is 0 Å². The molecule has 97 heavy (non-hydrogen) atoms. The van der Waals surface area contributed by atoms with Gasteiger partial charge in [-0.2, -0.15) is 0 Å². The predicted octanol–water partition coefficient (Wildman–Crippen LogP) is 22.8. The van der Waals surface area contributed by atoms with E-state index in [4.69, 9.17) is 37.0 Å². The van der Waals surface area contributed by atoms with Gasteiger partial charge < -0.3 is 33.8 Å². The average molecular weight is 1420 g/mol. The first-order valence-corrected chi connectivity index (χ1v) is 43.2. The lowest BCUT2D eigenvalue weighted by atomic mass is 9.99. The molecule has 4 unspecified atom stereocenters. The molecule has 0 aromatic carbocycles. The molecule has 0 bridgehead atoms. The van der Waals surface area contributed by atoms with Gasteiger partial charge in [0.15, 0.2) is 12.2 Å². The molecule has 0 saturated carbocycles. The molecule has 0 aromatic rings. The van der Waals surface area contributed by atoms with Crippen LogP contribution in [-0.2, 0) is 65.4 Å². The molecule has 0 aliphatic heterocycles. The fourth-order valence-electron chi connectivity index (χ4n) is 11.9. The van der Waals surface area contributed by atoms with Crippen molar-refractivity contribution in [3.63, 3.8) is 0 Å². The van der Waals surface area contributed by atoms with E-state index >= 15 is 0 Å². The number of esters is 4. The van der Waals surface area contributed by atoms with Gasteiger partial charge in [0.1, 0.15) is 19.3 Å². The molecule has 0 aliphatic rings. The SMILES string of the molecule is CCC(C)CCCCCCCCCCCCCCCCC(=O)O[C@H](COC(=O)CCCCCCCCCCCCCCCC(C)C)COP(=O)(O)OCC(O)COP(=O)(O)OC[C@@H](COC(=O)CCCCCCCCCC(C)C)OC(=O)CCCCCCCCCCCCC(C)C. The lowest BCUT2D eigenvalue weighted by molar-refractivity contribution is -0.161. The number of aliphatic hydroxyl groups is 1. The van der Waals surface area contributed by atoms with E-state index in [1.807, 2.05) is 0 Å². The number of phosphoric ester groups is 2.